The highest BCUT2D eigenvalue weighted by atomic mass is 32.1. The SMILES string of the molecule is CCc1sc(C(=O)S)c2[nH]c(C)nc12. The maximum atomic E-state index is 11.2. The van der Waals surface area contributed by atoms with Gasteiger partial charge in [-0.15, -0.1) is 11.3 Å². The molecule has 0 aliphatic carbocycles. The normalized spacial score (nSPS) is 11.1. The van der Waals surface area contributed by atoms with E-state index >= 15 is 0 Å². The van der Waals surface area contributed by atoms with Crippen molar-refractivity contribution in [1.29, 1.82) is 0 Å². The lowest BCUT2D eigenvalue weighted by Gasteiger charge is -1.87. The number of carbonyl (C=O) groups excluding carboxylic acids is 1. The van der Waals surface area contributed by atoms with Crippen molar-refractivity contribution in [3.63, 3.8) is 0 Å². The topological polar surface area (TPSA) is 45.8 Å². The number of fused-ring (bicyclic) bond motifs is 1. The van der Waals surface area contributed by atoms with Crippen LogP contribution in [0.5, 0.6) is 0 Å². The van der Waals surface area contributed by atoms with Crippen LogP contribution in [0.15, 0.2) is 0 Å². The molecule has 2 rings (SSSR count). The molecule has 0 atom stereocenters. The second kappa shape index (κ2) is 3.40. The van der Waals surface area contributed by atoms with Gasteiger partial charge in [-0.25, -0.2) is 4.98 Å². The summed E-state index contributed by atoms with van der Waals surface area (Å²) in [6.07, 6.45) is 0.895. The highest BCUT2D eigenvalue weighted by Gasteiger charge is 2.16. The van der Waals surface area contributed by atoms with Gasteiger partial charge in [0.1, 0.15) is 16.2 Å². The van der Waals surface area contributed by atoms with E-state index in [0.29, 0.717) is 4.88 Å². The number of rotatable bonds is 2. The number of aromatic amines is 1. The van der Waals surface area contributed by atoms with Crippen molar-refractivity contribution in [2.45, 2.75) is 20.3 Å². The second-order valence-electron chi connectivity index (χ2n) is 3.06. The number of nitrogens with one attached hydrogen (secondary N) is 1. The standard InChI is InChI=1S/C9H10N2OS2/c1-3-5-6-7(11-4(2)10-6)8(14-5)9(12)13/h3H2,1-2H3,(H,10,11)(H,12,13). The predicted molar refractivity (Wildman–Crippen MR) is 61.4 cm³/mol. The molecule has 74 valence electrons. The molecule has 3 nitrogen and oxygen atoms in total. The van der Waals surface area contributed by atoms with E-state index in [9.17, 15) is 4.79 Å². The lowest BCUT2D eigenvalue weighted by molar-refractivity contribution is 0.109. The van der Waals surface area contributed by atoms with E-state index in [4.69, 9.17) is 0 Å². The van der Waals surface area contributed by atoms with Crippen LogP contribution in [0.25, 0.3) is 11.0 Å². The molecule has 0 bridgehead atoms. The minimum Gasteiger partial charge on any atom is -0.341 e. The highest BCUT2D eigenvalue weighted by molar-refractivity contribution is 7.97. The van der Waals surface area contributed by atoms with E-state index in [-0.39, 0.29) is 5.12 Å². The van der Waals surface area contributed by atoms with Crippen molar-refractivity contribution >= 4 is 40.1 Å². The van der Waals surface area contributed by atoms with E-state index in [0.717, 1.165) is 28.2 Å². The molecule has 0 saturated carbocycles. The molecule has 2 heterocycles. The first kappa shape index (κ1) is 9.73. The van der Waals surface area contributed by atoms with Crippen LogP contribution in [-0.4, -0.2) is 15.1 Å². The van der Waals surface area contributed by atoms with Crippen LogP contribution in [0.4, 0.5) is 0 Å². The molecule has 0 aromatic carbocycles. The third-order valence-electron chi connectivity index (χ3n) is 2.05. The van der Waals surface area contributed by atoms with Gasteiger partial charge in [0.15, 0.2) is 0 Å². The summed E-state index contributed by atoms with van der Waals surface area (Å²) in [5, 5.41) is -0.191. The molecule has 0 fully saturated rings. The lowest BCUT2D eigenvalue weighted by atomic mass is 10.3. The Hall–Kier alpha value is -0.810. The van der Waals surface area contributed by atoms with Gasteiger partial charge in [0.2, 0.25) is 5.12 Å². The third-order valence-corrected chi connectivity index (χ3v) is 3.75. The van der Waals surface area contributed by atoms with Crippen molar-refractivity contribution in [3.05, 3.63) is 15.6 Å². The molecule has 0 spiro atoms. The van der Waals surface area contributed by atoms with Crippen molar-refractivity contribution in [3.8, 4) is 0 Å². The molecular formula is C9H10N2OS2. The van der Waals surface area contributed by atoms with Crippen molar-refractivity contribution in [2.24, 2.45) is 0 Å². The van der Waals surface area contributed by atoms with Crippen LogP contribution in [0, 0.1) is 6.92 Å². The Morgan fingerprint density at radius 3 is 2.93 bits per heavy atom. The zero-order valence-electron chi connectivity index (χ0n) is 7.92. The largest absolute Gasteiger partial charge is 0.341 e. The number of hydrogen-bond acceptors (Lipinski definition) is 3. The fourth-order valence-electron chi connectivity index (χ4n) is 1.47. The molecule has 1 N–H and O–H groups in total. The average Bonchev–Trinajstić information content (AvgIpc) is 2.60. The molecule has 2 aromatic heterocycles. The zero-order chi connectivity index (χ0) is 10.3. The van der Waals surface area contributed by atoms with Gasteiger partial charge in [-0.05, 0) is 13.3 Å². The number of imidazole rings is 1. The number of hydrogen-bond donors (Lipinski definition) is 2. The molecule has 0 amide bonds. The van der Waals surface area contributed by atoms with Gasteiger partial charge in [-0.2, -0.15) is 0 Å². The third kappa shape index (κ3) is 1.36. The van der Waals surface area contributed by atoms with E-state index in [1.807, 2.05) is 6.92 Å². The van der Waals surface area contributed by atoms with Gasteiger partial charge < -0.3 is 4.98 Å². The summed E-state index contributed by atoms with van der Waals surface area (Å²) >= 11 is 5.33. The molecule has 14 heavy (non-hydrogen) atoms. The summed E-state index contributed by atoms with van der Waals surface area (Å²) in [5.41, 5.74) is 1.76. The highest BCUT2D eigenvalue weighted by Crippen LogP contribution is 2.30. The summed E-state index contributed by atoms with van der Waals surface area (Å²) in [5.74, 6) is 0.841. The van der Waals surface area contributed by atoms with Crippen LogP contribution in [0.1, 0.15) is 27.3 Å². The molecule has 0 radical (unpaired) electrons. The molecule has 2 aromatic rings. The fraction of sp³-hybridized carbons (Fsp3) is 0.333. The monoisotopic (exact) mass is 226 g/mol. The first-order valence-corrected chi connectivity index (χ1v) is 5.61. The maximum absolute atomic E-state index is 11.2. The molecule has 0 aliphatic rings. The number of carbonyl (C=O) groups is 1. The van der Waals surface area contributed by atoms with Crippen molar-refractivity contribution in [1.82, 2.24) is 9.97 Å². The van der Waals surface area contributed by atoms with E-state index in [2.05, 4.69) is 29.5 Å². The number of H-pyrrole nitrogens is 1. The van der Waals surface area contributed by atoms with Crippen molar-refractivity contribution in [2.75, 3.05) is 0 Å². The number of aryl methyl sites for hydroxylation is 2. The lowest BCUT2D eigenvalue weighted by Crippen LogP contribution is -1.83. The number of thiophene rings is 1. The molecule has 5 heteroatoms. The van der Waals surface area contributed by atoms with Gasteiger partial charge >= 0.3 is 0 Å². The minimum absolute atomic E-state index is 0.191. The molecular weight excluding hydrogens is 216 g/mol. The van der Waals surface area contributed by atoms with Gasteiger partial charge in [0.05, 0.1) is 5.52 Å². The molecule has 0 unspecified atom stereocenters. The maximum Gasteiger partial charge on any atom is 0.228 e. The van der Waals surface area contributed by atoms with Crippen LogP contribution in [0.2, 0.25) is 0 Å². The predicted octanol–water partition coefficient (Wildman–Crippen LogP) is 2.57. The Balaban J connectivity index is 2.78. The zero-order valence-corrected chi connectivity index (χ0v) is 9.63. The van der Waals surface area contributed by atoms with Crippen molar-refractivity contribution < 1.29 is 4.79 Å². The minimum atomic E-state index is -0.191. The van der Waals surface area contributed by atoms with Crippen LogP contribution in [0.3, 0.4) is 0 Å². The summed E-state index contributed by atoms with van der Waals surface area (Å²) in [6.45, 7) is 3.94. The summed E-state index contributed by atoms with van der Waals surface area (Å²) < 4.78 is 0. The molecule has 0 saturated heterocycles. The Morgan fingerprint density at radius 1 is 1.64 bits per heavy atom. The average molecular weight is 226 g/mol. The first-order valence-electron chi connectivity index (χ1n) is 4.34. The number of aromatic nitrogens is 2. The Kier molecular flexibility index (Phi) is 2.36. The second-order valence-corrected chi connectivity index (χ2v) is 4.57. The van der Waals surface area contributed by atoms with E-state index in [1.165, 1.54) is 11.3 Å². The number of thiol groups is 1. The van der Waals surface area contributed by atoms with Gasteiger partial charge in [-0.3, -0.25) is 4.79 Å². The van der Waals surface area contributed by atoms with Gasteiger partial charge in [0.25, 0.3) is 0 Å². The Labute approximate surface area is 91.0 Å². The smallest absolute Gasteiger partial charge is 0.228 e. The fourth-order valence-corrected chi connectivity index (χ4v) is 2.69. The van der Waals surface area contributed by atoms with Gasteiger partial charge in [0, 0.05) is 4.88 Å². The summed E-state index contributed by atoms with van der Waals surface area (Å²) in [7, 11) is 0. The van der Waals surface area contributed by atoms with Crippen LogP contribution in [-0.2, 0) is 6.42 Å². The Bertz CT molecular complexity index is 498. The Morgan fingerprint density at radius 2 is 2.36 bits per heavy atom. The van der Waals surface area contributed by atoms with E-state index < -0.39 is 0 Å². The summed E-state index contributed by atoms with van der Waals surface area (Å²) in [4.78, 5) is 20.5. The molecule has 0 aliphatic heterocycles. The van der Waals surface area contributed by atoms with Crippen LogP contribution < -0.4 is 0 Å². The van der Waals surface area contributed by atoms with Gasteiger partial charge in [-0.1, -0.05) is 19.6 Å². The summed E-state index contributed by atoms with van der Waals surface area (Å²) in [6, 6.07) is 0. The van der Waals surface area contributed by atoms with Crippen LogP contribution >= 0.6 is 24.0 Å². The first-order chi connectivity index (χ1) is 6.63. The quantitative estimate of drug-likeness (QED) is 0.773. The number of nitrogens with zero attached hydrogens (tertiary/aromatic N) is 1. The van der Waals surface area contributed by atoms with E-state index in [1.54, 1.807) is 0 Å².